The van der Waals surface area contributed by atoms with E-state index in [1.54, 1.807) is 27.7 Å². The first-order valence-corrected chi connectivity index (χ1v) is 6.61. The molecule has 0 aromatic rings. The topological polar surface area (TPSA) is 63.6 Å². The highest BCUT2D eigenvalue weighted by Gasteiger charge is 2.55. The minimum atomic E-state index is -1.48. The van der Waals surface area contributed by atoms with E-state index >= 15 is 0 Å². The Morgan fingerprint density at radius 3 is 1.78 bits per heavy atom. The van der Waals surface area contributed by atoms with Crippen molar-refractivity contribution >= 4 is 11.9 Å². The maximum absolute atomic E-state index is 12.3. The second-order valence-corrected chi connectivity index (χ2v) is 5.66. The standard InChI is InChI=1S/C14H26O4/c1-7-10(8-2)18-12(17)14(9-3,11(15)16)13(4,5)6/h10H,7-9H2,1-6H3,(H,15,16). The Labute approximate surface area is 110 Å². The highest BCUT2D eigenvalue weighted by molar-refractivity contribution is 6.00. The van der Waals surface area contributed by atoms with Crippen molar-refractivity contribution in [3.63, 3.8) is 0 Å². The fraction of sp³-hybridized carbons (Fsp3) is 0.857. The van der Waals surface area contributed by atoms with Gasteiger partial charge in [0.15, 0.2) is 5.41 Å². The Bertz CT molecular complexity index is 299. The van der Waals surface area contributed by atoms with E-state index in [0.29, 0.717) is 12.8 Å². The van der Waals surface area contributed by atoms with Crippen molar-refractivity contribution in [2.75, 3.05) is 0 Å². The third-order valence-electron chi connectivity index (χ3n) is 3.71. The van der Waals surface area contributed by atoms with Gasteiger partial charge in [-0.25, -0.2) is 0 Å². The van der Waals surface area contributed by atoms with E-state index in [1.807, 2.05) is 13.8 Å². The molecule has 0 aliphatic carbocycles. The Kier molecular flexibility index (Phi) is 5.84. The summed E-state index contributed by atoms with van der Waals surface area (Å²) in [5.74, 6) is -1.72. The van der Waals surface area contributed by atoms with Gasteiger partial charge >= 0.3 is 11.9 Å². The van der Waals surface area contributed by atoms with Gasteiger partial charge in [-0.15, -0.1) is 0 Å². The Morgan fingerprint density at radius 1 is 1.11 bits per heavy atom. The molecule has 0 bridgehead atoms. The van der Waals surface area contributed by atoms with E-state index in [9.17, 15) is 14.7 Å². The van der Waals surface area contributed by atoms with Crippen LogP contribution in [0.4, 0.5) is 0 Å². The first kappa shape index (κ1) is 16.9. The zero-order valence-electron chi connectivity index (χ0n) is 12.4. The van der Waals surface area contributed by atoms with Crippen LogP contribution in [0.25, 0.3) is 0 Å². The Morgan fingerprint density at radius 2 is 1.56 bits per heavy atom. The zero-order chi connectivity index (χ0) is 14.6. The van der Waals surface area contributed by atoms with Crippen LogP contribution in [0.1, 0.15) is 60.8 Å². The predicted molar refractivity (Wildman–Crippen MR) is 70.3 cm³/mol. The van der Waals surface area contributed by atoms with Crippen molar-refractivity contribution in [3.8, 4) is 0 Å². The summed E-state index contributed by atoms with van der Waals surface area (Å²) in [7, 11) is 0. The van der Waals surface area contributed by atoms with Gasteiger partial charge < -0.3 is 9.84 Å². The Hall–Kier alpha value is -1.06. The summed E-state index contributed by atoms with van der Waals surface area (Å²) in [5.41, 5.74) is -2.16. The molecule has 0 saturated carbocycles. The smallest absolute Gasteiger partial charge is 0.324 e. The van der Waals surface area contributed by atoms with Crippen molar-refractivity contribution < 1.29 is 19.4 Å². The minimum absolute atomic E-state index is 0.204. The lowest BCUT2D eigenvalue weighted by Gasteiger charge is -2.38. The normalized spacial score (nSPS) is 15.3. The summed E-state index contributed by atoms with van der Waals surface area (Å²) in [6, 6.07) is 0. The highest BCUT2D eigenvalue weighted by atomic mass is 16.5. The number of hydrogen-bond acceptors (Lipinski definition) is 3. The first-order valence-electron chi connectivity index (χ1n) is 6.61. The van der Waals surface area contributed by atoms with Gasteiger partial charge in [0.25, 0.3) is 0 Å². The molecule has 0 aromatic carbocycles. The lowest BCUT2D eigenvalue weighted by molar-refractivity contribution is -0.182. The van der Waals surface area contributed by atoms with Gasteiger partial charge in [-0.3, -0.25) is 9.59 Å². The molecule has 4 nitrogen and oxygen atoms in total. The van der Waals surface area contributed by atoms with E-state index in [2.05, 4.69) is 0 Å². The molecular weight excluding hydrogens is 232 g/mol. The number of rotatable bonds is 6. The number of carboxylic acid groups (broad SMARTS) is 1. The summed E-state index contributed by atoms with van der Waals surface area (Å²) in [5, 5.41) is 9.49. The number of hydrogen-bond donors (Lipinski definition) is 1. The molecule has 0 aliphatic heterocycles. The molecule has 1 unspecified atom stereocenters. The average Bonchev–Trinajstić information content (AvgIpc) is 2.24. The molecule has 4 heteroatoms. The molecule has 0 amide bonds. The predicted octanol–water partition coefficient (Wildman–Crippen LogP) is 3.25. The molecule has 0 spiro atoms. The zero-order valence-corrected chi connectivity index (χ0v) is 12.4. The van der Waals surface area contributed by atoms with Crippen LogP contribution in [0.5, 0.6) is 0 Å². The molecule has 1 N–H and O–H groups in total. The molecule has 106 valence electrons. The molecule has 1 atom stereocenters. The SMILES string of the molecule is CCC(CC)OC(=O)C(CC)(C(=O)O)C(C)(C)C. The van der Waals surface area contributed by atoms with Gasteiger partial charge in [-0.2, -0.15) is 0 Å². The monoisotopic (exact) mass is 258 g/mol. The molecule has 0 aromatic heterocycles. The van der Waals surface area contributed by atoms with E-state index in [4.69, 9.17) is 4.74 Å². The average molecular weight is 258 g/mol. The maximum atomic E-state index is 12.3. The van der Waals surface area contributed by atoms with Crippen LogP contribution < -0.4 is 0 Å². The summed E-state index contributed by atoms with van der Waals surface area (Å²) >= 11 is 0. The van der Waals surface area contributed by atoms with Crippen LogP contribution in [-0.4, -0.2) is 23.1 Å². The summed E-state index contributed by atoms with van der Waals surface area (Å²) in [6.07, 6.45) is 1.42. The summed E-state index contributed by atoms with van der Waals surface area (Å²) in [6.45, 7) is 10.9. The molecule has 0 aliphatic rings. The second-order valence-electron chi connectivity index (χ2n) is 5.66. The van der Waals surface area contributed by atoms with Crippen LogP contribution in [0.2, 0.25) is 0 Å². The van der Waals surface area contributed by atoms with E-state index in [1.165, 1.54) is 0 Å². The van der Waals surface area contributed by atoms with Gasteiger partial charge in [0, 0.05) is 0 Å². The number of aliphatic carboxylic acids is 1. The third-order valence-corrected chi connectivity index (χ3v) is 3.71. The number of carboxylic acids is 1. The van der Waals surface area contributed by atoms with Gasteiger partial charge in [0.05, 0.1) is 0 Å². The van der Waals surface area contributed by atoms with Gasteiger partial charge in [0.1, 0.15) is 6.10 Å². The molecule has 18 heavy (non-hydrogen) atoms. The number of esters is 1. The minimum Gasteiger partial charge on any atom is -0.480 e. The number of carbonyl (C=O) groups excluding carboxylic acids is 1. The maximum Gasteiger partial charge on any atom is 0.324 e. The number of ether oxygens (including phenoxy) is 1. The molecule has 0 fully saturated rings. The van der Waals surface area contributed by atoms with Crippen molar-refractivity contribution in [2.45, 2.75) is 66.9 Å². The summed E-state index contributed by atoms with van der Waals surface area (Å²) < 4.78 is 5.37. The van der Waals surface area contributed by atoms with E-state index in [0.717, 1.165) is 0 Å². The molecule has 0 radical (unpaired) electrons. The summed E-state index contributed by atoms with van der Waals surface area (Å²) in [4.78, 5) is 23.9. The van der Waals surface area contributed by atoms with Crippen molar-refractivity contribution in [1.82, 2.24) is 0 Å². The lowest BCUT2D eigenvalue weighted by Crippen LogP contribution is -2.50. The second kappa shape index (κ2) is 6.21. The molecular formula is C14H26O4. The quantitative estimate of drug-likeness (QED) is 0.586. The van der Waals surface area contributed by atoms with Gasteiger partial charge in [-0.05, 0) is 24.7 Å². The van der Waals surface area contributed by atoms with Crippen molar-refractivity contribution in [3.05, 3.63) is 0 Å². The van der Waals surface area contributed by atoms with Crippen LogP contribution in [-0.2, 0) is 14.3 Å². The fourth-order valence-electron chi connectivity index (χ4n) is 2.25. The Balaban J connectivity index is 5.35. The molecule has 0 heterocycles. The molecule has 0 rings (SSSR count). The van der Waals surface area contributed by atoms with E-state index in [-0.39, 0.29) is 12.5 Å². The fourth-order valence-corrected chi connectivity index (χ4v) is 2.25. The van der Waals surface area contributed by atoms with Crippen LogP contribution in [0.3, 0.4) is 0 Å². The lowest BCUT2D eigenvalue weighted by atomic mass is 9.65. The number of carbonyl (C=O) groups is 2. The third kappa shape index (κ3) is 3.03. The van der Waals surface area contributed by atoms with Crippen LogP contribution in [0.15, 0.2) is 0 Å². The molecule has 0 saturated heterocycles. The van der Waals surface area contributed by atoms with Crippen molar-refractivity contribution in [1.29, 1.82) is 0 Å². The first-order chi connectivity index (χ1) is 8.17. The van der Waals surface area contributed by atoms with Crippen molar-refractivity contribution in [2.24, 2.45) is 10.8 Å². The van der Waals surface area contributed by atoms with Crippen LogP contribution >= 0.6 is 0 Å². The largest absolute Gasteiger partial charge is 0.480 e. The van der Waals surface area contributed by atoms with Gasteiger partial charge in [0.2, 0.25) is 0 Å². The highest BCUT2D eigenvalue weighted by Crippen LogP contribution is 2.43. The van der Waals surface area contributed by atoms with Crippen LogP contribution in [0, 0.1) is 10.8 Å². The van der Waals surface area contributed by atoms with Gasteiger partial charge in [-0.1, -0.05) is 41.5 Å². The van der Waals surface area contributed by atoms with E-state index < -0.39 is 22.8 Å².